The lowest BCUT2D eigenvalue weighted by Gasteiger charge is -2.16. The first-order chi connectivity index (χ1) is 10.3. The molecule has 1 amide bonds. The largest absolute Gasteiger partial charge is 0.361 e. The van der Waals surface area contributed by atoms with E-state index in [1.165, 1.54) is 16.2 Å². The number of aromatic nitrogens is 1. The van der Waals surface area contributed by atoms with Gasteiger partial charge in [0.25, 0.3) is 0 Å². The van der Waals surface area contributed by atoms with Gasteiger partial charge in [-0.05, 0) is 36.2 Å². The Bertz CT molecular complexity index is 728. The molecule has 0 radical (unpaired) electrons. The molecule has 0 unspecified atom stereocenters. The van der Waals surface area contributed by atoms with Crippen molar-refractivity contribution in [3.63, 3.8) is 0 Å². The minimum absolute atomic E-state index is 0.230. The van der Waals surface area contributed by atoms with Crippen molar-refractivity contribution in [1.82, 2.24) is 10.1 Å². The lowest BCUT2D eigenvalue weighted by atomic mass is 10.2. The number of thiophene rings is 1. The summed E-state index contributed by atoms with van der Waals surface area (Å²) >= 11 is 1.54. The maximum absolute atomic E-state index is 12.2. The van der Waals surface area contributed by atoms with Crippen molar-refractivity contribution in [2.45, 2.75) is 26.1 Å². The number of amides is 1. The maximum Gasteiger partial charge on any atom is 0.237 e. The summed E-state index contributed by atoms with van der Waals surface area (Å²) in [5.74, 6) is -0.692. The monoisotopic (exact) mass is 342 g/mol. The zero-order valence-corrected chi connectivity index (χ0v) is 14.3. The van der Waals surface area contributed by atoms with Crippen LogP contribution < -0.4 is 0 Å². The van der Waals surface area contributed by atoms with Gasteiger partial charge < -0.3 is 9.42 Å². The molecular formula is C14H18N2O4S2. The van der Waals surface area contributed by atoms with Gasteiger partial charge >= 0.3 is 0 Å². The highest BCUT2D eigenvalue weighted by Crippen LogP contribution is 2.16. The van der Waals surface area contributed by atoms with E-state index in [9.17, 15) is 13.2 Å². The summed E-state index contributed by atoms with van der Waals surface area (Å²) in [5, 5.41) is 7.58. The number of nitrogens with zero attached hydrogens (tertiary/aromatic N) is 2. The molecule has 6 nitrogen and oxygen atoms in total. The average Bonchev–Trinajstić information content (AvgIpc) is 3.03. The van der Waals surface area contributed by atoms with E-state index in [2.05, 4.69) is 5.16 Å². The zero-order valence-electron chi connectivity index (χ0n) is 12.7. The third kappa shape index (κ3) is 4.17. The highest BCUT2D eigenvalue weighted by molar-refractivity contribution is 7.91. The second-order valence-corrected chi connectivity index (χ2v) is 8.06. The fourth-order valence-electron chi connectivity index (χ4n) is 2.02. The fourth-order valence-corrected chi connectivity index (χ4v) is 4.23. The SMILES string of the molecule is Cc1noc(C)c1CS(=O)(=O)CC(=O)N(C)Cc1ccsc1. The third-order valence-corrected chi connectivity index (χ3v) is 5.46. The van der Waals surface area contributed by atoms with Crippen molar-refractivity contribution in [2.75, 3.05) is 12.8 Å². The number of rotatable bonds is 6. The van der Waals surface area contributed by atoms with Crippen LogP contribution in [0.4, 0.5) is 0 Å². The molecular weight excluding hydrogens is 324 g/mol. The summed E-state index contributed by atoms with van der Waals surface area (Å²) in [6.07, 6.45) is 0. The topological polar surface area (TPSA) is 80.5 Å². The van der Waals surface area contributed by atoms with Crippen LogP contribution in [0, 0.1) is 13.8 Å². The first-order valence-corrected chi connectivity index (χ1v) is 9.42. The lowest BCUT2D eigenvalue weighted by Crippen LogP contribution is -2.32. The second-order valence-electron chi connectivity index (χ2n) is 5.22. The summed E-state index contributed by atoms with van der Waals surface area (Å²) in [6, 6.07) is 1.91. The van der Waals surface area contributed by atoms with Gasteiger partial charge in [0.1, 0.15) is 11.5 Å². The predicted molar refractivity (Wildman–Crippen MR) is 84.3 cm³/mol. The minimum atomic E-state index is -3.56. The fraction of sp³-hybridized carbons (Fsp3) is 0.429. The molecule has 8 heteroatoms. The van der Waals surface area contributed by atoms with E-state index in [4.69, 9.17) is 4.52 Å². The van der Waals surface area contributed by atoms with Gasteiger partial charge in [-0.25, -0.2) is 8.42 Å². The van der Waals surface area contributed by atoms with Gasteiger partial charge in [0, 0.05) is 19.2 Å². The van der Waals surface area contributed by atoms with Crippen molar-refractivity contribution >= 4 is 27.1 Å². The van der Waals surface area contributed by atoms with Gasteiger partial charge in [-0.2, -0.15) is 11.3 Å². The van der Waals surface area contributed by atoms with Crippen molar-refractivity contribution < 1.29 is 17.7 Å². The van der Waals surface area contributed by atoms with Crippen LogP contribution in [0.2, 0.25) is 0 Å². The molecule has 0 aliphatic heterocycles. The molecule has 0 aromatic carbocycles. The van der Waals surface area contributed by atoms with Crippen LogP contribution in [0.25, 0.3) is 0 Å². The van der Waals surface area contributed by atoms with Crippen LogP contribution in [0.1, 0.15) is 22.6 Å². The number of aryl methyl sites for hydroxylation is 2. The second kappa shape index (κ2) is 6.62. The molecule has 0 N–H and O–H groups in total. The highest BCUT2D eigenvalue weighted by atomic mass is 32.2. The third-order valence-electron chi connectivity index (χ3n) is 3.31. The summed E-state index contributed by atoms with van der Waals surface area (Å²) < 4.78 is 29.4. The standard InChI is InChI=1S/C14H18N2O4S2/c1-10-13(11(2)20-15-10)8-22(18,19)9-14(17)16(3)6-12-4-5-21-7-12/h4-5,7H,6,8-9H2,1-3H3. The molecule has 0 aliphatic carbocycles. The van der Waals surface area contributed by atoms with Crippen LogP contribution in [0.3, 0.4) is 0 Å². The Morgan fingerprint density at radius 1 is 1.41 bits per heavy atom. The van der Waals surface area contributed by atoms with Crippen LogP contribution in [-0.4, -0.2) is 37.2 Å². The predicted octanol–water partition coefficient (Wildman–Crippen LogP) is 1.93. The van der Waals surface area contributed by atoms with Crippen molar-refractivity contribution in [3.05, 3.63) is 39.4 Å². The molecule has 0 atom stereocenters. The number of carbonyl (C=O) groups is 1. The maximum atomic E-state index is 12.2. The van der Waals surface area contributed by atoms with E-state index in [1.54, 1.807) is 20.9 Å². The number of sulfone groups is 1. The molecule has 2 heterocycles. The summed E-state index contributed by atoms with van der Waals surface area (Å²) in [4.78, 5) is 13.5. The van der Waals surface area contributed by atoms with Crippen LogP contribution >= 0.6 is 11.3 Å². The minimum Gasteiger partial charge on any atom is -0.361 e. The van der Waals surface area contributed by atoms with Gasteiger partial charge in [0.2, 0.25) is 5.91 Å². The van der Waals surface area contributed by atoms with Gasteiger partial charge in [0.05, 0.1) is 11.4 Å². The Morgan fingerprint density at radius 3 is 2.68 bits per heavy atom. The van der Waals surface area contributed by atoms with Crippen LogP contribution in [0.15, 0.2) is 21.3 Å². The molecule has 2 aromatic heterocycles. The molecule has 0 saturated heterocycles. The summed E-state index contributed by atoms with van der Waals surface area (Å²) in [7, 11) is -1.96. The van der Waals surface area contributed by atoms with Crippen molar-refractivity contribution in [1.29, 1.82) is 0 Å². The Labute approximate surface area is 133 Å². The number of hydrogen-bond donors (Lipinski definition) is 0. The van der Waals surface area contributed by atoms with Crippen LogP contribution in [-0.2, 0) is 26.9 Å². The van der Waals surface area contributed by atoms with Crippen LogP contribution in [0.5, 0.6) is 0 Å². The average molecular weight is 342 g/mol. The summed E-state index contributed by atoms with van der Waals surface area (Å²) in [5.41, 5.74) is 2.07. The van der Waals surface area contributed by atoms with Crippen molar-refractivity contribution in [2.24, 2.45) is 0 Å². The molecule has 0 bridgehead atoms. The first kappa shape index (κ1) is 16.7. The van der Waals surface area contributed by atoms with Gasteiger partial charge in [0.15, 0.2) is 9.84 Å². The van der Waals surface area contributed by atoms with E-state index < -0.39 is 21.5 Å². The molecule has 120 valence electrons. The Morgan fingerprint density at radius 2 is 2.14 bits per heavy atom. The Hall–Kier alpha value is -1.67. The van der Waals surface area contributed by atoms with E-state index >= 15 is 0 Å². The normalized spacial score (nSPS) is 11.6. The zero-order chi connectivity index (χ0) is 16.3. The Balaban J connectivity index is 2.00. The molecule has 2 rings (SSSR count). The van der Waals surface area contributed by atoms with E-state index in [-0.39, 0.29) is 5.75 Å². The van der Waals surface area contributed by atoms with E-state index in [1.807, 2.05) is 16.8 Å². The van der Waals surface area contributed by atoms with Gasteiger partial charge in [-0.3, -0.25) is 4.79 Å². The smallest absolute Gasteiger partial charge is 0.237 e. The van der Waals surface area contributed by atoms with Crippen molar-refractivity contribution in [3.8, 4) is 0 Å². The van der Waals surface area contributed by atoms with E-state index in [0.717, 1.165) is 5.56 Å². The first-order valence-electron chi connectivity index (χ1n) is 6.65. The quantitative estimate of drug-likeness (QED) is 0.801. The molecule has 22 heavy (non-hydrogen) atoms. The molecule has 0 aliphatic rings. The van der Waals surface area contributed by atoms with Gasteiger partial charge in [-0.15, -0.1) is 0 Å². The molecule has 0 fully saturated rings. The molecule has 0 spiro atoms. The van der Waals surface area contributed by atoms with E-state index in [0.29, 0.717) is 23.6 Å². The van der Waals surface area contributed by atoms with Gasteiger partial charge in [-0.1, -0.05) is 5.16 Å². The highest BCUT2D eigenvalue weighted by Gasteiger charge is 2.23. The number of carbonyl (C=O) groups excluding carboxylic acids is 1. The Kier molecular flexibility index (Phi) is 5.02. The molecule has 2 aromatic rings. The summed E-state index contributed by atoms with van der Waals surface area (Å²) in [6.45, 7) is 3.75. The number of hydrogen-bond acceptors (Lipinski definition) is 6. The molecule has 0 saturated carbocycles. The lowest BCUT2D eigenvalue weighted by molar-refractivity contribution is -0.127.